The summed E-state index contributed by atoms with van der Waals surface area (Å²) in [5, 5.41) is 20.5. The lowest BCUT2D eigenvalue weighted by atomic mass is 9.49. The third-order valence-corrected chi connectivity index (χ3v) is 10.4. The van der Waals surface area contributed by atoms with Crippen molar-refractivity contribution in [1.82, 2.24) is 0 Å². The molecule has 0 aromatic rings. The topological polar surface area (TPSA) is 40.5 Å². The quantitative estimate of drug-likeness (QED) is 0.713. The highest BCUT2D eigenvalue weighted by Crippen LogP contribution is 2.76. The molecule has 5 saturated carbocycles. The van der Waals surface area contributed by atoms with Gasteiger partial charge in [0.1, 0.15) is 0 Å². The maximum Gasteiger partial charge on any atom is 0.0566 e. The summed E-state index contributed by atoms with van der Waals surface area (Å²) in [6, 6.07) is 0. The molecule has 2 heteroatoms. The van der Waals surface area contributed by atoms with Crippen LogP contribution in [0.3, 0.4) is 0 Å². The van der Waals surface area contributed by atoms with E-state index in [-0.39, 0.29) is 12.2 Å². The number of hydrogen-bond donors (Lipinski definition) is 2. The SMILES string of the molecule is CC1CC(C23CC4CCCC(C5CCC(O)C(C)C5)(C2)C4C3)CCC1O. The van der Waals surface area contributed by atoms with E-state index in [2.05, 4.69) is 13.8 Å². The van der Waals surface area contributed by atoms with Crippen LogP contribution in [0.4, 0.5) is 0 Å². The molecule has 5 rings (SSSR count). The molecule has 2 bridgehead atoms. The van der Waals surface area contributed by atoms with Crippen LogP contribution >= 0.6 is 0 Å². The minimum atomic E-state index is -0.0460. The Kier molecular flexibility index (Phi) is 4.29. The van der Waals surface area contributed by atoms with Crippen molar-refractivity contribution in [2.75, 3.05) is 0 Å². The Morgan fingerprint density at radius 1 is 0.769 bits per heavy atom. The van der Waals surface area contributed by atoms with Crippen molar-refractivity contribution in [3.63, 3.8) is 0 Å². The standard InChI is InChI=1S/C24H40O2/c1-15-10-18(5-7-21(15)25)23-12-17-4-3-9-24(14-23,20(17)13-23)19-6-8-22(26)16(2)11-19/h15-22,25-26H,3-14H2,1-2H3. The summed E-state index contributed by atoms with van der Waals surface area (Å²) < 4.78 is 0. The van der Waals surface area contributed by atoms with Gasteiger partial charge in [-0.15, -0.1) is 0 Å². The second-order valence-electron chi connectivity index (χ2n) is 11.5. The maximum absolute atomic E-state index is 10.3. The van der Waals surface area contributed by atoms with Crippen LogP contribution in [0.1, 0.15) is 90.9 Å². The molecule has 5 fully saturated rings. The average molecular weight is 361 g/mol. The third-order valence-electron chi connectivity index (χ3n) is 10.4. The fourth-order valence-corrected chi connectivity index (χ4v) is 9.19. The van der Waals surface area contributed by atoms with Crippen molar-refractivity contribution >= 4 is 0 Å². The molecule has 0 amide bonds. The van der Waals surface area contributed by atoms with Gasteiger partial charge in [-0.3, -0.25) is 0 Å². The lowest BCUT2D eigenvalue weighted by molar-refractivity contribution is -0.0773. The minimum absolute atomic E-state index is 0.0459. The molecule has 0 heterocycles. The van der Waals surface area contributed by atoms with Crippen LogP contribution in [0.2, 0.25) is 0 Å². The molecule has 0 spiro atoms. The first-order valence-electron chi connectivity index (χ1n) is 11.8. The Labute approximate surface area is 160 Å². The largest absolute Gasteiger partial charge is 0.393 e. The highest BCUT2D eigenvalue weighted by molar-refractivity contribution is 5.16. The smallest absolute Gasteiger partial charge is 0.0566 e. The molecule has 26 heavy (non-hydrogen) atoms. The second kappa shape index (κ2) is 6.21. The number of rotatable bonds is 2. The summed E-state index contributed by atoms with van der Waals surface area (Å²) in [4.78, 5) is 0. The summed E-state index contributed by atoms with van der Waals surface area (Å²) in [7, 11) is 0. The molecule has 0 radical (unpaired) electrons. The number of hydrogen-bond acceptors (Lipinski definition) is 2. The Balaban J connectivity index is 1.42. The Morgan fingerprint density at radius 3 is 2.12 bits per heavy atom. The van der Waals surface area contributed by atoms with E-state index in [0.717, 1.165) is 36.5 Å². The van der Waals surface area contributed by atoms with E-state index in [9.17, 15) is 10.2 Å². The van der Waals surface area contributed by atoms with Crippen molar-refractivity contribution in [3.8, 4) is 0 Å². The van der Waals surface area contributed by atoms with Crippen LogP contribution < -0.4 is 0 Å². The summed E-state index contributed by atoms with van der Waals surface area (Å²) in [5.41, 5.74) is 1.23. The van der Waals surface area contributed by atoms with Crippen LogP contribution in [0.15, 0.2) is 0 Å². The van der Waals surface area contributed by atoms with Gasteiger partial charge >= 0.3 is 0 Å². The predicted octanol–water partition coefficient (Wildman–Crippen LogP) is 5.17. The van der Waals surface area contributed by atoms with Crippen LogP contribution in [0, 0.1) is 46.3 Å². The molecule has 5 aliphatic rings. The van der Waals surface area contributed by atoms with E-state index in [4.69, 9.17) is 0 Å². The average Bonchev–Trinajstić information content (AvgIpc) is 3.16. The van der Waals surface area contributed by atoms with E-state index in [0.29, 0.717) is 22.7 Å². The first-order valence-corrected chi connectivity index (χ1v) is 11.8. The van der Waals surface area contributed by atoms with E-state index in [1.807, 2.05) is 0 Å². The monoisotopic (exact) mass is 360 g/mol. The summed E-state index contributed by atoms with van der Waals surface area (Å²) in [5.74, 6) is 4.75. The molecule has 2 N–H and O–H groups in total. The van der Waals surface area contributed by atoms with Gasteiger partial charge in [0.25, 0.3) is 0 Å². The van der Waals surface area contributed by atoms with Crippen LogP contribution in [0.5, 0.6) is 0 Å². The van der Waals surface area contributed by atoms with Crippen molar-refractivity contribution < 1.29 is 10.2 Å². The summed E-state index contributed by atoms with van der Waals surface area (Å²) >= 11 is 0. The van der Waals surface area contributed by atoms with Gasteiger partial charge in [0, 0.05) is 0 Å². The number of fused-ring (bicyclic) bond motifs is 1. The van der Waals surface area contributed by atoms with Crippen LogP contribution in [-0.4, -0.2) is 22.4 Å². The molecule has 0 aromatic carbocycles. The molecule has 0 aliphatic heterocycles. The van der Waals surface area contributed by atoms with Gasteiger partial charge in [-0.1, -0.05) is 26.7 Å². The van der Waals surface area contributed by atoms with E-state index in [1.165, 1.54) is 64.2 Å². The fraction of sp³-hybridized carbons (Fsp3) is 1.00. The van der Waals surface area contributed by atoms with Gasteiger partial charge in [-0.05, 0) is 111 Å². The van der Waals surface area contributed by atoms with E-state index < -0.39 is 0 Å². The molecule has 148 valence electrons. The predicted molar refractivity (Wildman–Crippen MR) is 105 cm³/mol. The second-order valence-corrected chi connectivity index (χ2v) is 11.5. The lowest BCUT2D eigenvalue weighted by Gasteiger charge is -2.56. The van der Waals surface area contributed by atoms with Gasteiger partial charge in [-0.2, -0.15) is 0 Å². The fourth-order valence-electron chi connectivity index (χ4n) is 9.19. The van der Waals surface area contributed by atoms with Crippen molar-refractivity contribution in [1.29, 1.82) is 0 Å². The van der Waals surface area contributed by atoms with Crippen molar-refractivity contribution in [2.24, 2.45) is 46.3 Å². The lowest BCUT2D eigenvalue weighted by Crippen LogP contribution is -2.48. The molecular weight excluding hydrogens is 320 g/mol. The van der Waals surface area contributed by atoms with Gasteiger partial charge in [0.2, 0.25) is 0 Å². The zero-order valence-corrected chi connectivity index (χ0v) is 17.0. The molecule has 2 nitrogen and oxygen atoms in total. The Morgan fingerprint density at radius 2 is 1.42 bits per heavy atom. The van der Waals surface area contributed by atoms with Crippen molar-refractivity contribution in [2.45, 2.75) is 103 Å². The molecule has 5 aliphatic carbocycles. The maximum atomic E-state index is 10.3. The normalized spacial score (nSPS) is 59.5. The van der Waals surface area contributed by atoms with E-state index in [1.54, 1.807) is 0 Å². The zero-order chi connectivity index (χ0) is 18.1. The Hall–Kier alpha value is -0.0800. The number of aliphatic hydroxyl groups is 2. The van der Waals surface area contributed by atoms with Gasteiger partial charge in [-0.25, -0.2) is 0 Å². The van der Waals surface area contributed by atoms with Crippen LogP contribution in [-0.2, 0) is 0 Å². The summed E-state index contributed by atoms with van der Waals surface area (Å²) in [6.07, 6.45) is 16.1. The van der Waals surface area contributed by atoms with Crippen molar-refractivity contribution in [3.05, 3.63) is 0 Å². The zero-order valence-electron chi connectivity index (χ0n) is 17.0. The van der Waals surface area contributed by atoms with E-state index >= 15 is 0 Å². The van der Waals surface area contributed by atoms with Gasteiger partial charge in [0.15, 0.2) is 0 Å². The van der Waals surface area contributed by atoms with Gasteiger partial charge in [0.05, 0.1) is 12.2 Å². The first kappa shape index (κ1) is 18.0. The minimum Gasteiger partial charge on any atom is -0.393 e. The van der Waals surface area contributed by atoms with Gasteiger partial charge < -0.3 is 10.2 Å². The Bertz CT molecular complexity index is 546. The molecule has 0 saturated heterocycles. The molecule has 10 unspecified atom stereocenters. The van der Waals surface area contributed by atoms with Crippen LogP contribution in [0.25, 0.3) is 0 Å². The summed E-state index contributed by atoms with van der Waals surface area (Å²) in [6.45, 7) is 4.58. The molecule has 10 atom stereocenters. The molecular formula is C24H40O2. The highest BCUT2D eigenvalue weighted by atomic mass is 16.3. The first-order chi connectivity index (χ1) is 12.4. The highest BCUT2D eigenvalue weighted by Gasteiger charge is 2.67. The molecule has 0 aromatic heterocycles. The number of aliphatic hydroxyl groups excluding tert-OH is 2. The third kappa shape index (κ3) is 2.50.